The standard InChI is InChI=1S/C21H22N4O4/c1-13-11-16(23-29-13)17-7-4-10-24(17)18(26)12-25-19(27)21(22-20(25)28)9-8-14-5-2-3-6-15(14)21/h2-3,5-6,11,17H,4,7-10,12H2,1H3,(H,22,28). The van der Waals surface area contributed by atoms with E-state index in [-0.39, 0.29) is 24.4 Å². The molecule has 8 nitrogen and oxygen atoms in total. The van der Waals surface area contributed by atoms with Gasteiger partial charge in [0.05, 0.1) is 6.04 Å². The summed E-state index contributed by atoms with van der Waals surface area (Å²) in [5.41, 5.74) is 1.58. The molecule has 2 saturated heterocycles. The minimum atomic E-state index is -1.04. The lowest BCUT2D eigenvalue weighted by Crippen LogP contribution is -2.44. The first-order chi connectivity index (χ1) is 14.0. The van der Waals surface area contributed by atoms with E-state index < -0.39 is 11.6 Å². The molecule has 5 rings (SSSR count). The lowest BCUT2D eigenvalue weighted by molar-refractivity contribution is -0.139. The predicted octanol–water partition coefficient (Wildman–Crippen LogP) is 2.04. The van der Waals surface area contributed by atoms with E-state index >= 15 is 0 Å². The van der Waals surface area contributed by atoms with Crippen LogP contribution in [-0.4, -0.2) is 45.9 Å². The second-order valence-corrected chi connectivity index (χ2v) is 7.99. The van der Waals surface area contributed by atoms with Crippen molar-refractivity contribution >= 4 is 17.8 Å². The summed E-state index contributed by atoms with van der Waals surface area (Å²) in [5, 5.41) is 6.91. The number of nitrogens with zero attached hydrogens (tertiary/aromatic N) is 3. The number of carbonyl (C=O) groups is 3. The lowest BCUT2D eigenvalue weighted by atomic mass is 9.92. The molecule has 150 valence electrons. The summed E-state index contributed by atoms with van der Waals surface area (Å²) in [6.07, 6.45) is 2.88. The van der Waals surface area contributed by atoms with Crippen LogP contribution in [0.3, 0.4) is 0 Å². The van der Waals surface area contributed by atoms with Crippen molar-refractivity contribution < 1.29 is 18.9 Å². The molecule has 1 spiro atoms. The Kier molecular flexibility index (Phi) is 3.97. The second-order valence-electron chi connectivity index (χ2n) is 7.99. The summed E-state index contributed by atoms with van der Waals surface area (Å²) in [5.74, 6) is 0.101. The normalized spacial score (nSPS) is 25.8. The highest BCUT2D eigenvalue weighted by Gasteiger charge is 2.55. The Hall–Kier alpha value is -3.16. The number of amides is 4. The second kappa shape index (κ2) is 6.43. The van der Waals surface area contributed by atoms with Gasteiger partial charge in [-0.05, 0) is 43.7 Å². The van der Waals surface area contributed by atoms with E-state index in [1.165, 1.54) is 0 Å². The van der Waals surface area contributed by atoms with Gasteiger partial charge in [-0.3, -0.25) is 14.5 Å². The maximum atomic E-state index is 13.3. The first-order valence-electron chi connectivity index (χ1n) is 9.95. The van der Waals surface area contributed by atoms with Gasteiger partial charge in [-0.2, -0.15) is 0 Å². The molecule has 2 unspecified atom stereocenters. The fourth-order valence-electron chi connectivity index (χ4n) is 4.87. The van der Waals surface area contributed by atoms with E-state index in [1.807, 2.05) is 37.3 Å². The molecule has 2 atom stereocenters. The molecule has 8 heteroatoms. The average molecular weight is 394 g/mol. The predicted molar refractivity (Wildman–Crippen MR) is 102 cm³/mol. The highest BCUT2D eigenvalue weighted by atomic mass is 16.5. The van der Waals surface area contributed by atoms with Crippen molar-refractivity contribution in [1.82, 2.24) is 20.3 Å². The van der Waals surface area contributed by atoms with Crippen LogP contribution in [0.1, 0.15) is 47.9 Å². The number of carbonyl (C=O) groups excluding carboxylic acids is 3. The fourth-order valence-corrected chi connectivity index (χ4v) is 4.87. The summed E-state index contributed by atoms with van der Waals surface area (Å²) < 4.78 is 5.15. The Morgan fingerprint density at radius 1 is 1.34 bits per heavy atom. The smallest absolute Gasteiger partial charge is 0.325 e. The molecule has 1 aliphatic carbocycles. The minimum Gasteiger partial charge on any atom is -0.361 e. The van der Waals surface area contributed by atoms with Crippen LogP contribution in [0.4, 0.5) is 4.79 Å². The van der Waals surface area contributed by atoms with Gasteiger partial charge in [0.1, 0.15) is 23.5 Å². The number of hydrogen-bond acceptors (Lipinski definition) is 5. The number of fused-ring (bicyclic) bond motifs is 2. The van der Waals surface area contributed by atoms with Crippen LogP contribution < -0.4 is 5.32 Å². The van der Waals surface area contributed by atoms with E-state index in [1.54, 1.807) is 4.90 Å². The van der Waals surface area contributed by atoms with Crippen molar-refractivity contribution in [3.8, 4) is 0 Å². The average Bonchev–Trinajstić information content (AvgIpc) is 3.47. The van der Waals surface area contributed by atoms with Crippen molar-refractivity contribution in [2.45, 2.75) is 44.2 Å². The van der Waals surface area contributed by atoms with Gasteiger partial charge in [-0.15, -0.1) is 0 Å². The first-order valence-corrected chi connectivity index (χ1v) is 9.95. The number of benzene rings is 1. The molecule has 2 fully saturated rings. The van der Waals surface area contributed by atoms with Gasteiger partial charge in [-0.1, -0.05) is 29.4 Å². The summed E-state index contributed by atoms with van der Waals surface area (Å²) in [6.45, 7) is 2.12. The van der Waals surface area contributed by atoms with Crippen molar-refractivity contribution in [2.24, 2.45) is 0 Å². The highest BCUT2D eigenvalue weighted by molar-refractivity contribution is 6.10. The molecule has 4 amide bonds. The van der Waals surface area contributed by atoms with Gasteiger partial charge in [0.2, 0.25) is 5.91 Å². The fraction of sp³-hybridized carbons (Fsp3) is 0.429. The van der Waals surface area contributed by atoms with E-state index in [4.69, 9.17) is 4.52 Å². The topological polar surface area (TPSA) is 95.8 Å². The maximum Gasteiger partial charge on any atom is 0.325 e. The van der Waals surface area contributed by atoms with Crippen LogP contribution in [0.2, 0.25) is 0 Å². The molecular formula is C21H22N4O4. The van der Waals surface area contributed by atoms with Crippen LogP contribution in [0.15, 0.2) is 34.9 Å². The quantitative estimate of drug-likeness (QED) is 0.804. The molecule has 3 aliphatic rings. The monoisotopic (exact) mass is 394 g/mol. The number of aromatic nitrogens is 1. The number of hydrogen-bond donors (Lipinski definition) is 1. The summed E-state index contributed by atoms with van der Waals surface area (Å²) in [7, 11) is 0. The SMILES string of the molecule is Cc1cc(C2CCCN2C(=O)CN2C(=O)NC3(CCc4ccccc43)C2=O)no1. The minimum absolute atomic E-state index is 0.179. The van der Waals surface area contributed by atoms with Gasteiger partial charge in [0, 0.05) is 12.6 Å². The van der Waals surface area contributed by atoms with Crippen LogP contribution in [0.5, 0.6) is 0 Å². The van der Waals surface area contributed by atoms with Crippen LogP contribution in [0.25, 0.3) is 0 Å². The van der Waals surface area contributed by atoms with Crippen LogP contribution in [0, 0.1) is 6.92 Å². The molecular weight excluding hydrogens is 372 g/mol. The Balaban J connectivity index is 1.36. The largest absolute Gasteiger partial charge is 0.361 e. The van der Waals surface area contributed by atoms with Crippen molar-refractivity contribution in [2.75, 3.05) is 13.1 Å². The molecule has 2 aromatic rings. The van der Waals surface area contributed by atoms with Gasteiger partial charge < -0.3 is 14.7 Å². The Morgan fingerprint density at radius 2 is 2.17 bits per heavy atom. The van der Waals surface area contributed by atoms with Crippen molar-refractivity contribution in [1.29, 1.82) is 0 Å². The van der Waals surface area contributed by atoms with Gasteiger partial charge in [0.15, 0.2) is 0 Å². The Morgan fingerprint density at radius 3 is 2.97 bits per heavy atom. The summed E-state index contributed by atoms with van der Waals surface area (Å²) >= 11 is 0. The van der Waals surface area contributed by atoms with E-state index in [2.05, 4.69) is 10.5 Å². The molecule has 29 heavy (non-hydrogen) atoms. The Labute approximate surface area is 167 Å². The van der Waals surface area contributed by atoms with Gasteiger partial charge in [0.25, 0.3) is 5.91 Å². The van der Waals surface area contributed by atoms with E-state index in [0.717, 1.165) is 35.3 Å². The van der Waals surface area contributed by atoms with Crippen LogP contribution >= 0.6 is 0 Å². The molecule has 1 aromatic carbocycles. The van der Waals surface area contributed by atoms with Gasteiger partial charge in [-0.25, -0.2) is 4.79 Å². The number of rotatable bonds is 3. The van der Waals surface area contributed by atoms with E-state index in [9.17, 15) is 14.4 Å². The van der Waals surface area contributed by atoms with Crippen molar-refractivity contribution in [3.63, 3.8) is 0 Å². The lowest BCUT2D eigenvalue weighted by Gasteiger charge is -2.25. The Bertz CT molecular complexity index is 1020. The number of imide groups is 1. The molecule has 0 radical (unpaired) electrons. The number of urea groups is 1. The summed E-state index contributed by atoms with van der Waals surface area (Å²) in [4.78, 5) is 41.7. The number of nitrogens with one attached hydrogen (secondary N) is 1. The molecule has 1 aromatic heterocycles. The molecule has 3 heterocycles. The molecule has 1 N–H and O–H groups in total. The third kappa shape index (κ3) is 2.66. The zero-order chi connectivity index (χ0) is 20.2. The molecule has 0 bridgehead atoms. The molecule has 0 saturated carbocycles. The summed E-state index contributed by atoms with van der Waals surface area (Å²) in [6, 6.07) is 8.80. The zero-order valence-electron chi connectivity index (χ0n) is 16.2. The zero-order valence-corrected chi connectivity index (χ0v) is 16.2. The highest BCUT2D eigenvalue weighted by Crippen LogP contribution is 2.41. The molecule has 2 aliphatic heterocycles. The van der Waals surface area contributed by atoms with Gasteiger partial charge >= 0.3 is 6.03 Å². The third-order valence-electron chi connectivity index (χ3n) is 6.28. The third-order valence-corrected chi connectivity index (χ3v) is 6.28. The van der Waals surface area contributed by atoms with Crippen molar-refractivity contribution in [3.05, 3.63) is 52.9 Å². The maximum absolute atomic E-state index is 13.3. The number of aryl methyl sites for hydroxylation is 2. The van der Waals surface area contributed by atoms with E-state index in [0.29, 0.717) is 24.4 Å². The number of likely N-dealkylation sites (tertiary alicyclic amines) is 1. The first kappa shape index (κ1) is 17.9. The van der Waals surface area contributed by atoms with Crippen LogP contribution in [-0.2, 0) is 21.5 Å².